The molecule has 3 nitrogen and oxygen atoms in total. The minimum atomic E-state index is 0.570. The van der Waals surface area contributed by atoms with Gasteiger partial charge >= 0.3 is 0 Å². The fourth-order valence-electron chi connectivity index (χ4n) is 1.80. The highest BCUT2D eigenvalue weighted by Crippen LogP contribution is 2.27. The van der Waals surface area contributed by atoms with E-state index in [9.17, 15) is 4.79 Å². The summed E-state index contributed by atoms with van der Waals surface area (Å²) in [5, 5.41) is 0. The van der Waals surface area contributed by atoms with Crippen molar-refractivity contribution in [1.29, 1.82) is 0 Å². The molecule has 2 rings (SSSR count). The third kappa shape index (κ3) is 3.58. The van der Waals surface area contributed by atoms with Gasteiger partial charge in [0.1, 0.15) is 6.29 Å². The molecule has 0 atom stereocenters. The van der Waals surface area contributed by atoms with Gasteiger partial charge in [-0.15, -0.1) is 0 Å². The summed E-state index contributed by atoms with van der Waals surface area (Å²) in [4.78, 5) is 10.7. The number of rotatable bonds is 6. The molecule has 0 heterocycles. The Morgan fingerprint density at radius 3 is 2.53 bits per heavy atom. The van der Waals surface area contributed by atoms with E-state index >= 15 is 0 Å². The standard InChI is InChI=1S/C16H16O3/c1-18-16-11-14(12-17)7-8-15(16)19-10-9-13-5-3-2-4-6-13/h2-8,11-12H,9-10H2,1H3. The normalized spacial score (nSPS) is 9.95. The van der Waals surface area contributed by atoms with Gasteiger partial charge in [-0.25, -0.2) is 0 Å². The Morgan fingerprint density at radius 2 is 1.84 bits per heavy atom. The van der Waals surface area contributed by atoms with Gasteiger partial charge in [0.15, 0.2) is 11.5 Å². The summed E-state index contributed by atoms with van der Waals surface area (Å²) in [6, 6.07) is 15.3. The zero-order valence-electron chi connectivity index (χ0n) is 10.8. The predicted octanol–water partition coefficient (Wildman–Crippen LogP) is 3.13. The lowest BCUT2D eigenvalue weighted by molar-refractivity contribution is 0.112. The minimum absolute atomic E-state index is 0.570. The van der Waals surface area contributed by atoms with Crippen molar-refractivity contribution in [3.05, 3.63) is 59.7 Å². The van der Waals surface area contributed by atoms with Crippen molar-refractivity contribution in [3.63, 3.8) is 0 Å². The van der Waals surface area contributed by atoms with E-state index in [-0.39, 0.29) is 0 Å². The number of carbonyl (C=O) groups excluding carboxylic acids is 1. The van der Waals surface area contributed by atoms with Crippen LogP contribution in [0.1, 0.15) is 15.9 Å². The van der Waals surface area contributed by atoms with Crippen molar-refractivity contribution >= 4 is 6.29 Å². The van der Waals surface area contributed by atoms with Crippen LogP contribution in [0.5, 0.6) is 11.5 Å². The van der Waals surface area contributed by atoms with Crippen LogP contribution in [-0.4, -0.2) is 20.0 Å². The summed E-state index contributed by atoms with van der Waals surface area (Å²) in [6.07, 6.45) is 1.62. The van der Waals surface area contributed by atoms with Crippen LogP contribution in [0.4, 0.5) is 0 Å². The fraction of sp³-hybridized carbons (Fsp3) is 0.188. The lowest BCUT2D eigenvalue weighted by atomic mass is 10.2. The quantitative estimate of drug-likeness (QED) is 0.745. The van der Waals surface area contributed by atoms with E-state index in [1.807, 2.05) is 18.2 Å². The second kappa shape index (κ2) is 6.59. The lowest BCUT2D eigenvalue weighted by Crippen LogP contribution is -2.02. The van der Waals surface area contributed by atoms with Crippen LogP contribution >= 0.6 is 0 Å². The molecule has 0 radical (unpaired) electrons. The molecule has 0 unspecified atom stereocenters. The molecule has 98 valence electrons. The maximum absolute atomic E-state index is 10.7. The highest BCUT2D eigenvalue weighted by atomic mass is 16.5. The number of aldehydes is 1. The maximum Gasteiger partial charge on any atom is 0.161 e. The number of ether oxygens (including phenoxy) is 2. The summed E-state index contributed by atoms with van der Waals surface area (Å²) in [5.74, 6) is 1.24. The second-order valence-electron chi connectivity index (χ2n) is 4.11. The van der Waals surface area contributed by atoms with Crippen molar-refractivity contribution in [2.24, 2.45) is 0 Å². The Kier molecular flexibility index (Phi) is 4.56. The molecule has 0 aromatic heterocycles. The van der Waals surface area contributed by atoms with Gasteiger partial charge in [0.2, 0.25) is 0 Å². The van der Waals surface area contributed by atoms with Crippen LogP contribution in [0, 0.1) is 0 Å². The predicted molar refractivity (Wildman–Crippen MR) is 74.0 cm³/mol. The highest BCUT2D eigenvalue weighted by Gasteiger charge is 2.05. The van der Waals surface area contributed by atoms with Gasteiger partial charge in [0, 0.05) is 12.0 Å². The first kappa shape index (κ1) is 13.1. The van der Waals surface area contributed by atoms with Gasteiger partial charge in [0.25, 0.3) is 0 Å². The first-order chi connectivity index (χ1) is 9.33. The Morgan fingerprint density at radius 1 is 1.05 bits per heavy atom. The van der Waals surface area contributed by atoms with Crippen LogP contribution in [0.3, 0.4) is 0 Å². The van der Waals surface area contributed by atoms with Gasteiger partial charge in [-0.2, -0.15) is 0 Å². The topological polar surface area (TPSA) is 35.5 Å². The molecule has 0 aliphatic heterocycles. The molecule has 0 N–H and O–H groups in total. The van der Waals surface area contributed by atoms with Gasteiger partial charge in [-0.05, 0) is 23.8 Å². The first-order valence-corrected chi connectivity index (χ1v) is 6.13. The monoisotopic (exact) mass is 256 g/mol. The molecule has 2 aromatic carbocycles. The Bertz CT molecular complexity index is 535. The molecule has 0 spiro atoms. The van der Waals surface area contributed by atoms with Crippen LogP contribution in [0.2, 0.25) is 0 Å². The average molecular weight is 256 g/mol. The van der Waals surface area contributed by atoms with Crippen molar-refractivity contribution < 1.29 is 14.3 Å². The molecule has 2 aromatic rings. The Labute approximate surface area is 112 Å². The van der Waals surface area contributed by atoms with Crippen molar-refractivity contribution in [3.8, 4) is 11.5 Å². The molecule has 0 aliphatic carbocycles. The molecular weight excluding hydrogens is 240 g/mol. The van der Waals surface area contributed by atoms with E-state index < -0.39 is 0 Å². The number of benzene rings is 2. The SMILES string of the molecule is COc1cc(C=O)ccc1OCCc1ccccc1. The maximum atomic E-state index is 10.7. The van der Waals surface area contributed by atoms with Gasteiger partial charge in [0.05, 0.1) is 13.7 Å². The minimum Gasteiger partial charge on any atom is -0.493 e. The summed E-state index contributed by atoms with van der Waals surface area (Å²) < 4.78 is 10.9. The number of hydrogen-bond donors (Lipinski definition) is 0. The van der Waals surface area contributed by atoms with Crippen LogP contribution in [0.15, 0.2) is 48.5 Å². The van der Waals surface area contributed by atoms with Crippen LogP contribution in [-0.2, 0) is 6.42 Å². The van der Waals surface area contributed by atoms with Gasteiger partial charge in [-0.1, -0.05) is 30.3 Å². The number of hydrogen-bond acceptors (Lipinski definition) is 3. The van der Waals surface area contributed by atoms with E-state index in [0.29, 0.717) is 23.7 Å². The molecule has 0 saturated heterocycles. The largest absolute Gasteiger partial charge is 0.493 e. The number of carbonyl (C=O) groups is 1. The molecule has 0 aliphatic rings. The van der Waals surface area contributed by atoms with E-state index in [1.165, 1.54) is 5.56 Å². The highest BCUT2D eigenvalue weighted by molar-refractivity contribution is 5.76. The van der Waals surface area contributed by atoms with E-state index in [4.69, 9.17) is 9.47 Å². The summed E-state index contributed by atoms with van der Waals surface area (Å²) in [7, 11) is 1.56. The third-order valence-electron chi connectivity index (χ3n) is 2.81. The summed E-state index contributed by atoms with van der Waals surface area (Å²) in [5.41, 5.74) is 1.80. The average Bonchev–Trinajstić information content (AvgIpc) is 2.48. The Hall–Kier alpha value is -2.29. The van der Waals surface area contributed by atoms with Crippen molar-refractivity contribution in [2.75, 3.05) is 13.7 Å². The summed E-state index contributed by atoms with van der Waals surface area (Å²) in [6.45, 7) is 0.570. The molecule has 0 saturated carbocycles. The molecular formula is C16H16O3. The van der Waals surface area contributed by atoms with Gasteiger partial charge in [-0.3, -0.25) is 4.79 Å². The first-order valence-electron chi connectivity index (χ1n) is 6.13. The fourth-order valence-corrected chi connectivity index (χ4v) is 1.80. The molecule has 3 heteroatoms. The molecule has 0 fully saturated rings. The van der Waals surface area contributed by atoms with Crippen molar-refractivity contribution in [2.45, 2.75) is 6.42 Å². The molecule has 0 bridgehead atoms. The summed E-state index contributed by atoms with van der Waals surface area (Å²) >= 11 is 0. The van der Waals surface area contributed by atoms with E-state index in [1.54, 1.807) is 25.3 Å². The van der Waals surface area contributed by atoms with Crippen molar-refractivity contribution in [1.82, 2.24) is 0 Å². The van der Waals surface area contributed by atoms with E-state index in [2.05, 4.69) is 12.1 Å². The molecule has 19 heavy (non-hydrogen) atoms. The van der Waals surface area contributed by atoms with Crippen LogP contribution < -0.4 is 9.47 Å². The number of methoxy groups -OCH3 is 1. The zero-order chi connectivity index (χ0) is 13.5. The van der Waals surface area contributed by atoms with Gasteiger partial charge < -0.3 is 9.47 Å². The van der Waals surface area contributed by atoms with Crippen LogP contribution in [0.25, 0.3) is 0 Å². The molecule has 0 amide bonds. The smallest absolute Gasteiger partial charge is 0.161 e. The zero-order valence-corrected chi connectivity index (χ0v) is 10.8. The third-order valence-corrected chi connectivity index (χ3v) is 2.81. The second-order valence-corrected chi connectivity index (χ2v) is 4.11. The lowest BCUT2D eigenvalue weighted by Gasteiger charge is -2.11. The Balaban J connectivity index is 1.97. The van der Waals surface area contributed by atoms with E-state index in [0.717, 1.165) is 12.7 Å².